The summed E-state index contributed by atoms with van der Waals surface area (Å²) >= 11 is 0. The van der Waals surface area contributed by atoms with E-state index in [1.54, 1.807) is 31.4 Å². The Hall–Kier alpha value is -3.72. The third-order valence-corrected chi connectivity index (χ3v) is 4.76. The number of hydrogen-bond donors (Lipinski definition) is 1. The number of nitro benzene ring substituents is 1. The molecule has 3 rings (SSSR count). The maximum Gasteiger partial charge on any atom is 0.278 e. The SMILES string of the molecule is COCCCN1C(=O)C(Nc2ccc(OC(C)C)cc2)=C(c2ccc([N+](=O)[O-])cc2)C1=O. The van der Waals surface area contributed by atoms with E-state index in [2.05, 4.69) is 5.32 Å². The van der Waals surface area contributed by atoms with Crippen LogP contribution in [-0.2, 0) is 14.3 Å². The Morgan fingerprint density at radius 1 is 1.03 bits per heavy atom. The van der Waals surface area contributed by atoms with Gasteiger partial charge in [-0.3, -0.25) is 24.6 Å². The van der Waals surface area contributed by atoms with Crippen molar-refractivity contribution >= 4 is 28.8 Å². The number of anilines is 1. The molecule has 9 heteroatoms. The second-order valence-corrected chi connectivity index (χ2v) is 7.48. The first-order valence-corrected chi connectivity index (χ1v) is 10.2. The van der Waals surface area contributed by atoms with Gasteiger partial charge in [0.25, 0.3) is 17.5 Å². The Labute approximate surface area is 185 Å². The highest BCUT2D eigenvalue weighted by Crippen LogP contribution is 2.32. The number of benzene rings is 2. The van der Waals surface area contributed by atoms with Crippen molar-refractivity contribution in [1.82, 2.24) is 4.90 Å². The van der Waals surface area contributed by atoms with Gasteiger partial charge in [0, 0.05) is 38.1 Å². The van der Waals surface area contributed by atoms with Gasteiger partial charge in [0.1, 0.15) is 11.4 Å². The summed E-state index contributed by atoms with van der Waals surface area (Å²) < 4.78 is 10.7. The first kappa shape index (κ1) is 23.0. The van der Waals surface area contributed by atoms with E-state index in [1.165, 1.54) is 24.3 Å². The minimum absolute atomic E-state index is 0.0277. The van der Waals surface area contributed by atoms with E-state index in [9.17, 15) is 19.7 Å². The summed E-state index contributed by atoms with van der Waals surface area (Å²) in [7, 11) is 1.55. The molecule has 0 unspecified atom stereocenters. The Bertz CT molecular complexity index is 1030. The van der Waals surface area contributed by atoms with E-state index in [0.29, 0.717) is 30.0 Å². The van der Waals surface area contributed by atoms with Gasteiger partial charge in [0.2, 0.25) is 0 Å². The Balaban J connectivity index is 1.94. The first-order valence-electron chi connectivity index (χ1n) is 10.2. The Morgan fingerprint density at radius 2 is 1.69 bits per heavy atom. The fourth-order valence-electron chi connectivity index (χ4n) is 3.31. The standard InChI is InChI=1S/C23H25N3O6/c1-15(2)32-19-11-7-17(8-12-19)24-21-20(16-5-9-18(10-6-16)26(29)30)22(27)25(23(21)28)13-4-14-31-3/h5-12,15,24H,4,13-14H2,1-3H3. The third kappa shape index (κ3) is 5.12. The van der Waals surface area contributed by atoms with Crippen LogP contribution < -0.4 is 10.1 Å². The van der Waals surface area contributed by atoms with Gasteiger partial charge in [-0.1, -0.05) is 0 Å². The lowest BCUT2D eigenvalue weighted by Crippen LogP contribution is -2.33. The zero-order valence-electron chi connectivity index (χ0n) is 18.2. The van der Waals surface area contributed by atoms with E-state index in [1.807, 2.05) is 13.8 Å². The van der Waals surface area contributed by atoms with Crippen molar-refractivity contribution in [3.63, 3.8) is 0 Å². The van der Waals surface area contributed by atoms with Crippen LogP contribution in [-0.4, -0.2) is 48.0 Å². The van der Waals surface area contributed by atoms with E-state index < -0.39 is 16.7 Å². The predicted molar refractivity (Wildman–Crippen MR) is 119 cm³/mol. The maximum absolute atomic E-state index is 13.1. The predicted octanol–water partition coefficient (Wildman–Crippen LogP) is 3.61. The summed E-state index contributed by atoms with van der Waals surface area (Å²) in [5.41, 5.74) is 1.22. The van der Waals surface area contributed by atoms with E-state index in [0.717, 1.165) is 4.90 Å². The van der Waals surface area contributed by atoms with Crippen LogP contribution in [0.3, 0.4) is 0 Å². The minimum atomic E-state index is -0.517. The molecule has 0 aromatic heterocycles. The maximum atomic E-state index is 13.1. The van der Waals surface area contributed by atoms with Crippen LogP contribution in [0.2, 0.25) is 0 Å². The largest absolute Gasteiger partial charge is 0.491 e. The van der Waals surface area contributed by atoms with Crippen molar-refractivity contribution in [2.24, 2.45) is 0 Å². The fraction of sp³-hybridized carbons (Fsp3) is 0.304. The van der Waals surface area contributed by atoms with E-state index in [-0.39, 0.29) is 29.6 Å². The van der Waals surface area contributed by atoms with Crippen LogP contribution in [0.1, 0.15) is 25.8 Å². The smallest absolute Gasteiger partial charge is 0.278 e. The van der Waals surface area contributed by atoms with Gasteiger partial charge in [-0.15, -0.1) is 0 Å². The van der Waals surface area contributed by atoms with E-state index in [4.69, 9.17) is 9.47 Å². The highest BCUT2D eigenvalue weighted by atomic mass is 16.6. The number of ether oxygens (including phenoxy) is 2. The van der Waals surface area contributed by atoms with Crippen LogP contribution in [0.4, 0.5) is 11.4 Å². The number of amides is 2. The number of imide groups is 1. The van der Waals surface area contributed by atoms with Crippen LogP contribution in [0, 0.1) is 10.1 Å². The highest BCUT2D eigenvalue weighted by Gasteiger charge is 2.39. The molecule has 0 saturated heterocycles. The summed E-state index contributed by atoms with van der Waals surface area (Å²) in [6.45, 7) is 4.46. The lowest BCUT2D eigenvalue weighted by atomic mass is 10.0. The number of hydrogen-bond acceptors (Lipinski definition) is 7. The van der Waals surface area contributed by atoms with Crippen molar-refractivity contribution in [3.05, 3.63) is 69.9 Å². The van der Waals surface area contributed by atoms with Crippen molar-refractivity contribution in [2.75, 3.05) is 25.6 Å². The second kappa shape index (κ2) is 10.1. The molecule has 32 heavy (non-hydrogen) atoms. The summed E-state index contributed by atoms with van der Waals surface area (Å²) in [6, 6.07) is 12.6. The molecule has 0 spiro atoms. The molecule has 1 N–H and O–H groups in total. The van der Waals surface area contributed by atoms with Gasteiger partial charge in [-0.05, 0) is 62.2 Å². The van der Waals surface area contributed by atoms with Crippen LogP contribution >= 0.6 is 0 Å². The van der Waals surface area contributed by atoms with Gasteiger partial charge in [-0.25, -0.2) is 0 Å². The Kier molecular flexibility index (Phi) is 7.21. The van der Waals surface area contributed by atoms with Crippen molar-refractivity contribution < 1.29 is 24.0 Å². The molecule has 0 radical (unpaired) electrons. The topological polar surface area (TPSA) is 111 Å². The quantitative estimate of drug-likeness (QED) is 0.260. The molecule has 9 nitrogen and oxygen atoms in total. The molecule has 2 aromatic carbocycles. The molecule has 2 aromatic rings. The zero-order valence-corrected chi connectivity index (χ0v) is 18.2. The molecule has 1 aliphatic heterocycles. The lowest BCUT2D eigenvalue weighted by Gasteiger charge is -2.15. The van der Waals surface area contributed by atoms with Crippen LogP contribution in [0.5, 0.6) is 5.75 Å². The van der Waals surface area contributed by atoms with Crippen molar-refractivity contribution in [2.45, 2.75) is 26.4 Å². The van der Waals surface area contributed by atoms with Crippen LogP contribution in [0.15, 0.2) is 54.2 Å². The number of carbonyl (C=O) groups excluding carboxylic acids is 2. The molecule has 0 fully saturated rings. The average Bonchev–Trinajstić information content (AvgIpc) is 2.99. The number of nitrogens with one attached hydrogen (secondary N) is 1. The minimum Gasteiger partial charge on any atom is -0.491 e. The lowest BCUT2D eigenvalue weighted by molar-refractivity contribution is -0.384. The summed E-state index contributed by atoms with van der Waals surface area (Å²) in [6.07, 6.45) is 0.524. The molecule has 168 valence electrons. The third-order valence-electron chi connectivity index (χ3n) is 4.76. The van der Waals surface area contributed by atoms with Gasteiger partial charge in [0.15, 0.2) is 0 Å². The van der Waals surface area contributed by atoms with E-state index >= 15 is 0 Å². The van der Waals surface area contributed by atoms with Gasteiger partial charge in [0.05, 0.1) is 16.6 Å². The normalized spacial score (nSPS) is 13.8. The number of nitrogens with zero attached hydrogens (tertiary/aromatic N) is 2. The zero-order chi connectivity index (χ0) is 23.3. The van der Waals surface area contributed by atoms with Gasteiger partial charge >= 0.3 is 0 Å². The van der Waals surface area contributed by atoms with Crippen molar-refractivity contribution in [3.8, 4) is 5.75 Å². The fourth-order valence-corrected chi connectivity index (χ4v) is 3.31. The molecule has 0 saturated carbocycles. The molecule has 0 aliphatic carbocycles. The molecule has 1 aliphatic rings. The highest BCUT2D eigenvalue weighted by molar-refractivity contribution is 6.36. The monoisotopic (exact) mass is 439 g/mol. The molecule has 2 amide bonds. The summed E-state index contributed by atoms with van der Waals surface area (Å²) in [5.74, 6) is -0.227. The summed E-state index contributed by atoms with van der Waals surface area (Å²) in [4.78, 5) is 37.8. The van der Waals surface area contributed by atoms with Gasteiger partial charge < -0.3 is 14.8 Å². The van der Waals surface area contributed by atoms with Gasteiger partial charge in [-0.2, -0.15) is 0 Å². The number of nitro groups is 1. The number of carbonyl (C=O) groups is 2. The molecular formula is C23H25N3O6. The molecule has 0 bridgehead atoms. The summed E-state index contributed by atoms with van der Waals surface area (Å²) in [5, 5.41) is 14.0. The number of non-ortho nitro benzene ring substituents is 1. The Morgan fingerprint density at radius 3 is 2.25 bits per heavy atom. The van der Waals surface area contributed by atoms with Crippen molar-refractivity contribution in [1.29, 1.82) is 0 Å². The average molecular weight is 439 g/mol. The van der Waals surface area contributed by atoms with Crippen LogP contribution in [0.25, 0.3) is 5.57 Å². The molecule has 1 heterocycles. The molecular weight excluding hydrogens is 414 g/mol. The molecule has 0 atom stereocenters. The second-order valence-electron chi connectivity index (χ2n) is 7.48. The number of rotatable bonds is 10. The first-order chi connectivity index (χ1) is 15.3. The number of methoxy groups -OCH3 is 1.